The summed E-state index contributed by atoms with van der Waals surface area (Å²) in [7, 11) is 0. The number of nitrogens with two attached hydrogens (primary N) is 1. The molecule has 0 amide bonds. The second kappa shape index (κ2) is 5.10. The molecule has 1 heterocycles. The summed E-state index contributed by atoms with van der Waals surface area (Å²) >= 11 is 0. The van der Waals surface area contributed by atoms with Crippen LogP contribution in [0, 0.1) is 5.92 Å². The predicted molar refractivity (Wildman–Crippen MR) is 57.2 cm³/mol. The monoisotopic (exact) mass is 198 g/mol. The lowest BCUT2D eigenvalue weighted by molar-refractivity contribution is 0.0645. The Labute approximate surface area is 86.4 Å². The second-order valence-electron chi connectivity index (χ2n) is 4.61. The van der Waals surface area contributed by atoms with Gasteiger partial charge in [-0.1, -0.05) is 6.42 Å². The SMILES string of the molecule is NCC1CCCC1NC1CCCOC1. The number of hydrogen-bond acceptors (Lipinski definition) is 3. The lowest BCUT2D eigenvalue weighted by Crippen LogP contribution is -2.46. The summed E-state index contributed by atoms with van der Waals surface area (Å²) in [6, 6.07) is 1.24. The number of ether oxygens (including phenoxy) is 1. The summed E-state index contributed by atoms with van der Waals surface area (Å²) in [6.07, 6.45) is 6.43. The van der Waals surface area contributed by atoms with Crippen molar-refractivity contribution >= 4 is 0 Å². The fraction of sp³-hybridized carbons (Fsp3) is 1.00. The van der Waals surface area contributed by atoms with Crippen molar-refractivity contribution in [2.24, 2.45) is 11.7 Å². The summed E-state index contributed by atoms with van der Waals surface area (Å²) in [4.78, 5) is 0. The molecule has 1 saturated carbocycles. The van der Waals surface area contributed by atoms with E-state index in [0.29, 0.717) is 18.0 Å². The highest BCUT2D eigenvalue weighted by molar-refractivity contribution is 4.86. The van der Waals surface area contributed by atoms with Gasteiger partial charge in [-0.3, -0.25) is 0 Å². The molecule has 1 aliphatic heterocycles. The Balaban J connectivity index is 1.77. The van der Waals surface area contributed by atoms with Crippen molar-refractivity contribution < 1.29 is 4.74 Å². The van der Waals surface area contributed by atoms with Gasteiger partial charge < -0.3 is 15.8 Å². The van der Waals surface area contributed by atoms with E-state index in [0.717, 1.165) is 19.8 Å². The molecule has 3 heteroatoms. The van der Waals surface area contributed by atoms with Gasteiger partial charge >= 0.3 is 0 Å². The zero-order valence-corrected chi connectivity index (χ0v) is 8.87. The van der Waals surface area contributed by atoms with E-state index in [4.69, 9.17) is 10.5 Å². The molecule has 0 aromatic carbocycles. The van der Waals surface area contributed by atoms with Gasteiger partial charge in [0.05, 0.1) is 6.61 Å². The van der Waals surface area contributed by atoms with E-state index < -0.39 is 0 Å². The van der Waals surface area contributed by atoms with Crippen LogP contribution in [0.5, 0.6) is 0 Å². The molecule has 0 bridgehead atoms. The van der Waals surface area contributed by atoms with Crippen molar-refractivity contribution in [2.75, 3.05) is 19.8 Å². The van der Waals surface area contributed by atoms with E-state index >= 15 is 0 Å². The number of rotatable bonds is 3. The molecule has 0 spiro atoms. The molecule has 1 aliphatic carbocycles. The summed E-state index contributed by atoms with van der Waals surface area (Å²) in [6.45, 7) is 2.68. The fourth-order valence-corrected chi connectivity index (χ4v) is 2.71. The van der Waals surface area contributed by atoms with Crippen LogP contribution in [0.1, 0.15) is 32.1 Å². The average Bonchev–Trinajstić information content (AvgIpc) is 2.67. The molecule has 0 aromatic heterocycles. The zero-order chi connectivity index (χ0) is 9.80. The quantitative estimate of drug-likeness (QED) is 0.708. The van der Waals surface area contributed by atoms with Gasteiger partial charge in [0.25, 0.3) is 0 Å². The lowest BCUT2D eigenvalue weighted by atomic mass is 10.0. The van der Waals surface area contributed by atoms with Crippen molar-refractivity contribution in [3.63, 3.8) is 0 Å². The first-order valence-corrected chi connectivity index (χ1v) is 5.94. The maximum atomic E-state index is 5.76. The van der Waals surface area contributed by atoms with Gasteiger partial charge in [-0.25, -0.2) is 0 Å². The number of hydrogen-bond donors (Lipinski definition) is 2. The van der Waals surface area contributed by atoms with Crippen molar-refractivity contribution in [1.82, 2.24) is 5.32 Å². The van der Waals surface area contributed by atoms with Crippen LogP contribution in [-0.4, -0.2) is 31.8 Å². The highest BCUT2D eigenvalue weighted by Crippen LogP contribution is 2.25. The predicted octanol–water partition coefficient (Wildman–Crippen LogP) is 0.882. The Hall–Kier alpha value is -0.120. The highest BCUT2D eigenvalue weighted by atomic mass is 16.5. The van der Waals surface area contributed by atoms with Crippen LogP contribution < -0.4 is 11.1 Å². The highest BCUT2D eigenvalue weighted by Gasteiger charge is 2.28. The van der Waals surface area contributed by atoms with Gasteiger partial charge in [-0.2, -0.15) is 0 Å². The third-order valence-electron chi connectivity index (χ3n) is 3.57. The van der Waals surface area contributed by atoms with E-state index in [2.05, 4.69) is 5.32 Å². The summed E-state index contributed by atoms with van der Waals surface area (Å²) in [5.41, 5.74) is 5.76. The molecule has 3 nitrogen and oxygen atoms in total. The van der Waals surface area contributed by atoms with E-state index in [1.807, 2.05) is 0 Å². The van der Waals surface area contributed by atoms with Crippen LogP contribution in [-0.2, 0) is 4.74 Å². The van der Waals surface area contributed by atoms with Crippen LogP contribution in [0.4, 0.5) is 0 Å². The van der Waals surface area contributed by atoms with Crippen LogP contribution in [0.2, 0.25) is 0 Å². The standard InChI is InChI=1S/C11H22N2O/c12-7-9-3-1-5-11(9)13-10-4-2-6-14-8-10/h9-11,13H,1-8,12H2. The molecular formula is C11H22N2O. The van der Waals surface area contributed by atoms with Crippen molar-refractivity contribution in [3.8, 4) is 0 Å². The van der Waals surface area contributed by atoms with Crippen LogP contribution in [0.3, 0.4) is 0 Å². The topological polar surface area (TPSA) is 47.3 Å². The van der Waals surface area contributed by atoms with Gasteiger partial charge in [0.1, 0.15) is 0 Å². The van der Waals surface area contributed by atoms with Crippen LogP contribution in [0.25, 0.3) is 0 Å². The zero-order valence-electron chi connectivity index (χ0n) is 8.87. The molecule has 82 valence electrons. The van der Waals surface area contributed by atoms with Gasteiger partial charge in [-0.15, -0.1) is 0 Å². The molecule has 3 atom stereocenters. The van der Waals surface area contributed by atoms with Crippen molar-refractivity contribution in [2.45, 2.75) is 44.2 Å². The van der Waals surface area contributed by atoms with Crippen molar-refractivity contribution in [3.05, 3.63) is 0 Å². The maximum Gasteiger partial charge on any atom is 0.0619 e. The fourth-order valence-electron chi connectivity index (χ4n) is 2.71. The minimum absolute atomic E-state index is 0.584. The first-order valence-electron chi connectivity index (χ1n) is 5.94. The van der Waals surface area contributed by atoms with Crippen molar-refractivity contribution in [1.29, 1.82) is 0 Å². The summed E-state index contributed by atoms with van der Waals surface area (Å²) < 4.78 is 5.47. The average molecular weight is 198 g/mol. The summed E-state index contributed by atoms with van der Waals surface area (Å²) in [5.74, 6) is 0.705. The first-order chi connectivity index (χ1) is 6.90. The molecule has 3 N–H and O–H groups in total. The molecule has 1 saturated heterocycles. The van der Waals surface area contributed by atoms with Crippen LogP contribution in [0.15, 0.2) is 0 Å². The smallest absolute Gasteiger partial charge is 0.0619 e. The molecule has 3 unspecified atom stereocenters. The molecule has 14 heavy (non-hydrogen) atoms. The Kier molecular flexibility index (Phi) is 3.79. The van der Waals surface area contributed by atoms with E-state index in [1.54, 1.807) is 0 Å². The minimum Gasteiger partial charge on any atom is -0.380 e. The Morgan fingerprint density at radius 3 is 2.86 bits per heavy atom. The van der Waals surface area contributed by atoms with E-state index in [9.17, 15) is 0 Å². The molecular weight excluding hydrogens is 176 g/mol. The molecule has 2 aliphatic rings. The van der Waals surface area contributed by atoms with Gasteiger partial charge in [0.2, 0.25) is 0 Å². The van der Waals surface area contributed by atoms with Gasteiger partial charge in [0.15, 0.2) is 0 Å². The lowest BCUT2D eigenvalue weighted by Gasteiger charge is -2.29. The third-order valence-corrected chi connectivity index (χ3v) is 3.57. The van der Waals surface area contributed by atoms with Gasteiger partial charge in [0, 0.05) is 18.7 Å². The Morgan fingerprint density at radius 2 is 2.14 bits per heavy atom. The largest absolute Gasteiger partial charge is 0.380 e. The molecule has 2 rings (SSSR count). The molecule has 0 radical (unpaired) electrons. The third kappa shape index (κ3) is 2.47. The van der Waals surface area contributed by atoms with E-state index in [1.165, 1.54) is 32.1 Å². The number of nitrogens with one attached hydrogen (secondary N) is 1. The second-order valence-corrected chi connectivity index (χ2v) is 4.61. The molecule has 2 fully saturated rings. The Bertz CT molecular complexity index is 169. The molecule has 0 aromatic rings. The Morgan fingerprint density at radius 1 is 1.21 bits per heavy atom. The minimum atomic E-state index is 0.584. The van der Waals surface area contributed by atoms with Crippen LogP contribution >= 0.6 is 0 Å². The first kappa shape index (κ1) is 10.4. The normalized spacial score (nSPS) is 38.8. The van der Waals surface area contributed by atoms with E-state index in [-0.39, 0.29) is 0 Å². The summed E-state index contributed by atoms with van der Waals surface area (Å²) in [5, 5.41) is 3.71. The van der Waals surface area contributed by atoms with Gasteiger partial charge in [-0.05, 0) is 38.1 Å². The maximum absolute atomic E-state index is 5.76.